The van der Waals surface area contributed by atoms with Crippen LogP contribution < -0.4 is 16.5 Å². The Morgan fingerprint density at radius 1 is 1.04 bits per heavy atom. The number of nitrogens with two attached hydrogens (primary N) is 1. The fourth-order valence-corrected chi connectivity index (χ4v) is 6.82. The lowest BCUT2D eigenvalue weighted by Gasteiger charge is -2.41. The number of hydrogen-bond acceptors (Lipinski definition) is 9. The number of ether oxygens (including phenoxy) is 2. The van der Waals surface area contributed by atoms with Crippen LogP contribution >= 0.6 is 0 Å². The van der Waals surface area contributed by atoms with E-state index in [0.29, 0.717) is 25.9 Å². The van der Waals surface area contributed by atoms with Crippen molar-refractivity contribution in [1.82, 2.24) is 25.4 Å². The molecule has 3 unspecified atom stereocenters. The molecule has 0 saturated carbocycles. The lowest BCUT2D eigenvalue weighted by atomic mass is 9.89. The molecule has 1 aliphatic heterocycles. The molecule has 0 bridgehead atoms. The number of nitrogens with zero attached hydrogens (tertiary/aromatic N) is 3. The third-order valence-corrected chi connectivity index (χ3v) is 9.91. The average molecular weight is 691 g/mol. The van der Waals surface area contributed by atoms with E-state index in [1.807, 2.05) is 71.6 Å². The maximum atomic E-state index is 14.0. The van der Waals surface area contributed by atoms with Gasteiger partial charge in [-0.25, -0.2) is 5.90 Å². The van der Waals surface area contributed by atoms with Gasteiger partial charge in [-0.15, -0.1) is 0 Å². The lowest BCUT2D eigenvalue weighted by molar-refractivity contribution is -0.149. The highest BCUT2D eigenvalue weighted by Crippen LogP contribution is 2.29. The second kappa shape index (κ2) is 20.5. The molecule has 2 rings (SSSR count). The summed E-state index contributed by atoms with van der Waals surface area (Å²) in [6, 6.07) is 4.11. The molecular weight excluding hydrogens is 628 g/mol. The van der Waals surface area contributed by atoms with Crippen LogP contribution in [0.5, 0.6) is 0 Å². The number of rotatable bonds is 20. The van der Waals surface area contributed by atoms with Crippen LogP contribution in [0.3, 0.4) is 0 Å². The Kier molecular flexibility index (Phi) is 17.6. The van der Waals surface area contributed by atoms with Crippen molar-refractivity contribution in [3.8, 4) is 0 Å². The number of aromatic nitrogens is 1. The summed E-state index contributed by atoms with van der Waals surface area (Å²) in [6.07, 6.45) is 2.58. The van der Waals surface area contributed by atoms with Crippen LogP contribution in [0.15, 0.2) is 24.4 Å². The maximum Gasteiger partial charge on any atom is 0.252 e. The van der Waals surface area contributed by atoms with Crippen molar-refractivity contribution >= 4 is 23.6 Å². The normalized spacial score (nSPS) is 19.1. The van der Waals surface area contributed by atoms with Gasteiger partial charge in [0.1, 0.15) is 6.04 Å². The Morgan fingerprint density at radius 3 is 2.27 bits per heavy atom. The van der Waals surface area contributed by atoms with Gasteiger partial charge in [-0.3, -0.25) is 29.0 Å². The molecule has 4 amide bonds. The Morgan fingerprint density at radius 2 is 1.73 bits per heavy atom. The predicted molar refractivity (Wildman–Crippen MR) is 188 cm³/mol. The van der Waals surface area contributed by atoms with E-state index >= 15 is 0 Å². The predicted octanol–water partition coefficient (Wildman–Crippen LogP) is 2.72. The fourth-order valence-electron chi connectivity index (χ4n) is 6.82. The van der Waals surface area contributed by atoms with Crippen LogP contribution in [0.1, 0.15) is 79.8 Å². The van der Waals surface area contributed by atoms with Gasteiger partial charge in [0.05, 0.1) is 36.6 Å². The molecule has 0 radical (unpaired) electrons. The highest BCUT2D eigenvalue weighted by Gasteiger charge is 2.43. The summed E-state index contributed by atoms with van der Waals surface area (Å²) in [7, 11) is 4.83. The first-order valence-electron chi connectivity index (χ1n) is 17.7. The van der Waals surface area contributed by atoms with Crippen molar-refractivity contribution in [3.63, 3.8) is 0 Å². The number of hydrogen-bond donors (Lipinski definition) is 3. The molecule has 0 aliphatic carbocycles. The first-order valence-corrected chi connectivity index (χ1v) is 17.7. The zero-order chi connectivity index (χ0) is 36.8. The monoisotopic (exact) mass is 690 g/mol. The molecular formula is C36H62N6O7. The zero-order valence-corrected chi connectivity index (χ0v) is 31.3. The van der Waals surface area contributed by atoms with Crippen LogP contribution in [0.2, 0.25) is 0 Å². The van der Waals surface area contributed by atoms with E-state index in [0.717, 1.165) is 18.5 Å². The second-order valence-electron chi connectivity index (χ2n) is 14.0. The van der Waals surface area contributed by atoms with E-state index in [1.165, 1.54) is 0 Å². The molecule has 49 heavy (non-hydrogen) atoms. The van der Waals surface area contributed by atoms with Gasteiger partial charge in [0.15, 0.2) is 6.10 Å². The minimum Gasteiger partial charge on any atom is -0.379 e. The topological polar surface area (TPSA) is 165 Å². The molecule has 1 aromatic rings. The molecule has 4 N–H and O–H groups in total. The van der Waals surface area contributed by atoms with E-state index in [-0.39, 0.29) is 47.9 Å². The number of likely N-dealkylation sites (N-methyl/N-ethyl adjacent to an activating group) is 1. The lowest BCUT2D eigenvalue weighted by Crippen LogP contribution is -2.59. The third-order valence-electron chi connectivity index (χ3n) is 9.91. The standard InChI is InChI=1S/C36H62N6O7/c1-11-24(6)31(41(8)36(46)30(22(2)3)40-35(45)32(49-37)23(4)5)28(47-9)21-29(43)42-20-14-16-27(42)33(48-10)25(7)34(44)39-19-17-26-15-12-13-18-38-26/h12-13,15,18,22-25,27-28,30-33H,11,14,16-17,19-21,37H2,1-10H3,(H,39,44)(H,40,45)/t24-,25+,27?,28+,30?,31-,32?,33+/m0/s1. The highest BCUT2D eigenvalue weighted by atomic mass is 16.6. The smallest absolute Gasteiger partial charge is 0.252 e. The van der Waals surface area contributed by atoms with Gasteiger partial charge < -0.3 is 29.9 Å². The summed E-state index contributed by atoms with van der Waals surface area (Å²) >= 11 is 0. The quantitative estimate of drug-likeness (QED) is 0.175. The molecule has 0 spiro atoms. The number of nitrogens with one attached hydrogen (secondary N) is 2. The van der Waals surface area contributed by atoms with E-state index in [1.54, 1.807) is 32.4 Å². The summed E-state index contributed by atoms with van der Waals surface area (Å²) < 4.78 is 11.9. The molecule has 2 heterocycles. The first-order chi connectivity index (χ1) is 23.2. The summed E-state index contributed by atoms with van der Waals surface area (Å²) in [6.45, 7) is 14.2. The van der Waals surface area contributed by atoms with Crippen LogP contribution in [-0.2, 0) is 39.9 Å². The van der Waals surface area contributed by atoms with Crippen LogP contribution in [-0.4, -0.2) is 109 Å². The van der Waals surface area contributed by atoms with Crippen molar-refractivity contribution in [1.29, 1.82) is 0 Å². The second-order valence-corrected chi connectivity index (χ2v) is 14.0. The molecule has 13 nitrogen and oxygen atoms in total. The molecule has 1 aromatic heterocycles. The van der Waals surface area contributed by atoms with Crippen LogP contribution in [0.25, 0.3) is 0 Å². The van der Waals surface area contributed by atoms with E-state index in [2.05, 4.69) is 15.6 Å². The van der Waals surface area contributed by atoms with Gasteiger partial charge in [0, 0.05) is 52.7 Å². The fraction of sp³-hybridized carbons (Fsp3) is 0.750. The third kappa shape index (κ3) is 11.4. The van der Waals surface area contributed by atoms with Gasteiger partial charge >= 0.3 is 0 Å². The van der Waals surface area contributed by atoms with Crippen molar-refractivity contribution in [2.75, 3.05) is 34.4 Å². The molecule has 0 aromatic carbocycles. The number of pyridine rings is 1. The Bertz CT molecular complexity index is 1190. The molecule has 1 fully saturated rings. The van der Waals surface area contributed by atoms with Crippen molar-refractivity contribution < 1.29 is 33.5 Å². The van der Waals surface area contributed by atoms with Gasteiger partial charge in [0.25, 0.3) is 5.91 Å². The summed E-state index contributed by atoms with van der Waals surface area (Å²) in [4.78, 5) is 66.9. The van der Waals surface area contributed by atoms with Crippen molar-refractivity contribution in [2.24, 2.45) is 29.6 Å². The van der Waals surface area contributed by atoms with Crippen molar-refractivity contribution in [2.45, 2.75) is 117 Å². The number of methoxy groups -OCH3 is 2. The largest absolute Gasteiger partial charge is 0.379 e. The van der Waals surface area contributed by atoms with Gasteiger partial charge in [-0.05, 0) is 42.7 Å². The number of carbonyl (C=O) groups is 4. The van der Waals surface area contributed by atoms with Crippen LogP contribution in [0.4, 0.5) is 0 Å². The Hall–Kier alpha value is -3.13. The molecule has 1 aliphatic rings. The number of amides is 4. The zero-order valence-electron chi connectivity index (χ0n) is 31.3. The van der Waals surface area contributed by atoms with E-state index < -0.39 is 42.2 Å². The minimum absolute atomic E-state index is 0.0260. The minimum atomic E-state index is -0.904. The average Bonchev–Trinajstić information content (AvgIpc) is 3.56. The molecule has 278 valence electrons. The maximum absolute atomic E-state index is 14.0. The van der Waals surface area contributed by atoms with E-state index in [9.17, 15) is 19.2 Å². The number of likely N-dealkylation sites (tertiary alicyclic amines) is 1. The summed E-state index contributed by atoms with van der Waals surface area (Å²) in [5, 5.41) is 5.84. The Balaban J connectivity index is 2.20. The number of carbonyl (C=O) groups excluding carboxylic acids is 4. The van der Waals surface area contributed by atoms with Gasteiger partial charge in [0.2, 0.25) is 17.7 Å². The molecule has 1 saturated heterocycles. The van der Waals surface area contributed by atoms with Crippen molar-refractivity contribution in [3.05, 3.63) is 30.1 Å². The summed E-state index contributed by atoms with van der Waals surface area (Å²) in [5.41, 5.74) is 0.896. The molecule has 13 heteroatoms. The highest BCUT2D eigenvalue weighted by molar-refractivity contribution is 5.90. The summed E-state index contributed by atoms with van der Waals surface area (Å²) in [5.74, 6) is 3.45. The van der Waals surface area contributed by atoms with Gasteiger partial charge in [-0.2, -0.15) is 0 Å². The van der Waals surface area contributed by atoms with E-state index in [4.69, 9.17) is 20.2 Å². The van der Waals surface area contributed by atoms with Gasteiger partial charge in [-0.1, -0.05) is 61.0 Å². The molecule has 8 atom stereocenters. The Labute approximate surface area is 293 Å². The first kappa shape index (κ1) is 42.0. The van der Waals surface area contributed by atoms with Crippen LogP contribution in [0, 0.1) is 23.7 Å². The SMILES string of the molecule is CC[C@H](C)[C@@H]([C@@H](CC(=O)N1CCCC1[C@H](OC)[C@@H](C)C(=O)NCCc1ccccn1)OC)N(C)C(=O)C(NC(=O)C(ON)C(C)C)C(C)C.